The summed E-state index contributed by atoms with van der Waals surface area (Å²) in [6.07, 6.45) is 1.44. The van der Waals surface area contributed by atoms with Gasteiger partial charge in [-0.2, -0.15) is 0 Å². The van der Waals surface area contributed by atoms with E-state index >= 15 is 0 Å². The number of rotatable bonds is 7. The smallest absolute Gasteiger partial charge is 0.271 e. The van der Waals surface area contributed by atoms with Crippen LogP contribution in [0.1, 0.15) is 49.0 Å². The summed E-state index contributed by atoms with van der Waals surface area (Å²) in [5, 5.41) is 5.16. The van der Waals surface area contributed by atoms with Crippen LogP contribution in [-0.2, 0) is 19.8 Å². The van der Waals surface area contributed by atoms with Crippen molar-refractivity contribution in [2.24, 2.45) is 0 Å². The lowest BCUT2D eigenvalue weighted by Gasteiger charge is -2.24. The van der Waals surface area contributed by atoms with Crippen molar-refractivity contribution < 1.29 is 19.1 Å². The quantitative estimate of drug-likeness (QED) is 0.383. The Balaban J connectivity index is 1.69. The van der Waals surface area contributed by atoms with Gasteiger partial charge in [-0.1, -0.05) is 72.8 Å². The molecule has 0 bridgehead atoms. The van der Waals surface area contributed by atoms with Gasteiger partial charge in [0, 0.05) is 38.3 Å². The van der Waals surface area contributed by atoms with E-state index in [2.05, 4.69) is 10.6 Å². The van der Waals surface area contributed by atoms with Crippen molar-refractivity contribution in [2.45, 2.75) is 25.7 Å². The number of ether oxygens (including phenoxy) is 2. The summed E-state index contributed by atoms with van der Waals surface area (Å²) in [6, 6.07) is 25.1. The molecule has 0 fully saturated rings. The Morgan fingerprint density at radius 1 is 0.897 bits per heavy atom. The SMILES string of the molecule is CNC(=O)c1cn(CC2c3ccccc3COc3ccccc32)c(C(=O)NC)c(OCc2ccccc2)c1=O. The van der Waals surface area contributed by atoms with Crippen LogP contribution in [0.15, 0.2) is 89.9 Å². The average Bonchev–Trinajstić information content (AvgIpc) is 3.13. The summed E-state index contributed by atoms with van der Waals surface area (Å²) >= 11 is 0. The van der Waals surface area contributed by atoms with E-state index in [0.29, 0.717) is 6.61 Å². The number of para-hydroxylation sites is 1. The molecule has 0 aliphatic carbocycles. The van der Waals surface area contributed by atoms with Gasteiger partial charge >= 0.3 is 0 Å². The molecular formula is C31H29N3O5. The van der Waals surface area contributed by atoms with Crippen molar-refractivity contribution in [1.29, 1.82) is 0 Å². The van der Waals surface area contributed by atoms with E-state index in [4.69, 9.17) is 9.47 Å². The van der Waals surface area contributed by atoms with Crippen LogP contribution in [0.5, 0.6) is 11.5 Å². The van der Waals surface area contributed by atoms with Gasteiger partial charge in [-0.15, -0.1) is 0 Å². The Morgan fingerprint density at radius 3 is 2.31 bits per heavy atom. The molecule has 1 aliphatic heterocycles. The molecule has 5 rings (SSSR count). The normalized spacial score (nSPS) is 13.7. The summed E-state index contributed by atoms with van der Waals surface area (Å²) in [7, 11) is 2.95. The number of fused-ring (bicyclic) bond motifs is 2. The Kier molecular flexibility index (Phi) is 7.45. The van der Waals surface area contributed by atoms with Crippen LogP contribution in [0.3, 0.4) is 0 Å². The lowest BCUT2D eigenvalue weighted by molar-refractivity contribution is 0.0935. The Labute approximate surface area is 226 Å². The second-order valence-electron chi connectivity index (χ2n) is 9.21. The molecule has 2 N–H and O–H groups in total. The van der Waals surface area contributed by atoms with Crippen LogP contribution in [-0.4, -0.2) is 30.5 Å². The van der Waals surface area contributed by atoms with Crippen molar-refractivity contribution in [3.05, 3.63) is 129 Å². The minimum atomic E-state index is -0.648. The molecule has 4 aromatic rings. The van der Waals surface area contributed by atoms with Crippen LogP contribution in [0.4, 0.5) is 0 Å². The fourth-order valence-electron chi connectivity index (χ4n) is 4.92. The number of aromatic nitrogens is 1. The molecule has 3 aromatic carbocycles. The first-order valence-corrected chi connectivity index (χ1v) is 12.7. The molecule has 1 atom stereocenters. The molecule has 2 heterocycles. The monoisotopic (exact) mass is 523 g/mol. The maximum absolute atomic E-state index is 13.5. The van der Waals surface area contributed by atoms with Gasteiger partial charge in [0.1, 0.15) is 24.5 Å². The van der Waals surface area contributed by atoms with Crippen molar-refractivity contribution in [3.63, 3.8) is 0 Å². The van der Waals surface area contributed by atoms with E-state index in [0.717, 1.165) is 28.0 Å². The van der Waals surface area contributed by atoms with E-state index in [9.17, 15) is 14.4 Å². The molecule has 0 saturated carbocycles. The summed E-state index contributed by atoms with van der Waals surface area (Å²) in [4.78, 5) is 39.6. The number of carbonyl (C=O) groups is 2. The lowest BCUT2D eigenvalue weighted by Crippen LogP contribution is -2.33. The predicted octanol–water partition coefficient (Wildman–Crippen LogP) is 3.87. The highest BCUT2D eigenvalue weighted by Crippen LogP contribution is 2.38. The number of hydrogen-bond acceptors (Lipinski definition) is 5. The van der Waals surface area contributed by atoms with Crippen LogP contribution < -0.4 is 25.5 Å². The standard InChI is InChI=1S/C31H29N3O5/c1-32-30(36)25-17-34(27(31(37)33-2)29(28(25)35)39-18-20-10-4-3-5-11-20)16-24-22-13-7-6-12-21(22)19-38-26-15-9-8-14-23(24)26/h3-15,17,24H,16,18-19H2,1-2H3,(H,32,36)(H,33,37). The molecule has 0 saturated heterocycles. The fourth-order valence-corrected chi connectivity index (χ4v) is 4.92. The molecule has 1 aliphatic rings. The van der Waals surface area contributed by atoms with Crippen molar-refractivity contribution in [2.75, 3.05) is 14.1 Å². The highest BCUT2D eigenvalue weighted by Gasteiger charge is 2.30. The predicted molar refractivity (Wildman–Crippen MR) is 147 cm³/mol. The van der Waals surface area contributed by atoms with Crippen LogP contribution in [0.25, 0.3) is 0 Å². The number of nitrogens with zero attached hydrogens (tertiary/aromatic N) is 1. The topological polar surface area (TPSA) is 98.7 Å². The number of benzene rings is 3. The molecule has 39 heavy (non-hydrogen) atoms. The van der Waals surface area contributed by atoms with E-state index in [1.807, 2.05) is 78.9 Å². The highest BCUT2D eigenvalue weighted by atomic mass is 16.5. The third kappa shape index (κ3) is 5.13. The minimum Gasteiger partial charge on any atom is -0.489 e. The third-order valence-corrected chi connectivity index (χ3v) is 6.87. The van der Waals surface area contributed by atoms with Gasteiger partial charge in [0.15, 0.2) is 11.4 Å². The summed E-state index contributed by atoms with van der Waals surface area (Å²) in [5.74, 6) is -0.721. The van der Waals surface area contributed by atoms with Gasteiger partial charge in [0.05, 0.1) is 0 Å². The van der Waals surface area contributed by atoms with Gasteiger partial charge < -0.3 is 24.7 Å². The molecule has 2 amide bonds. The zero-order valence-electron chi connectivity index (χ0n) is 21.8. The summed E-state index contributed by atoms with van der Waals surface area (Å²) in [6.45, 7) is 0.720. The van der Waals surface area contributed by atoms with Gasteiger partial charge in [0.2, 0.25) is 5.43 Å². The number of hydrogen-bond donors (Lipinski definition) is 2. The van der Waals surface area contributed by atoms with Crippen molar-refractivity contribution >= 4 is 11.8 Å². The Morgan fingerprint density at radius 2 is 1.56 bits per heavy atom. The largest absolute Gasteiger partial charge is 0.489 e. The molecule has 0 radical (unpaired) electrons. The summed E-state index contributed by atoms with van der Waals surface area (Å²) < 4.78 is 13.8. The maximum Gasteiger partial charge on any atom is 0.271 e. The molecule has 8 heteroatoms. The zero-order valence-corrected chi connectivity index (χ0v) is 21.8. The summed E-state index contributed by atoms with van der Waals surface area (Å²) in [5.41, 5.74) is 3.11. The Hall–Kier alpha value is -4.85. The van der Waals surface area contributed by atoms with E-state index in [-0.39, 0.29) is 36.1 Å². The van der Waals surface area contributed by atoms with E-state index in [1.54, 1.807) is 4.57 Å². The first kappa shape index (κ1) is 25.8. The second kappa shape index (κ2) is 11.3. The molecule has 0 spiro atoms. The van der Waals surface area contributed by atoms with E-state index < -0.39 is 17.2 Å². The molecule has 198 valence electrons. The van der Waals surface area contributed by atoms with Crippen molar-refractivity contribution in [3.8, 4) is 11.5 Å². The minimum absolute atomic E-state index is 0.0474. The lowest BCUT2D eigenvalue weighted by atomic mass is 9.88. The van der Waals surface area contributed by atoms with Crippen LogP contribution >= 0.6 is 0 Å². The van der Waals surface area contributed by atoms with Crippen LogP contribution in [0.2, 0.25) is 0 Å². The third-order valence-electron chi connectivity index (χ3n) is 6.87. The highest BCUT2D eigenvalue weighted by molar-refractivity contribution is 5.98. The Bertz CT molecular complexity index is 1530. The fraction of sp³-hybridized carbons (Fsp3) is 0.194. The number of nitrogens with one attached hydrogen (secondary N) is 2. The van der Waals surface area contributed by atoms with Crippen LogP contribution in [0, 0.1) is 0 Å². The molecule has 1 unspecified atom stereocenters. The van der Waals surface area contributed by atoms with Gasteiger partial charge in [0.25, 0.3) is 11.8 Å². The number of amides is 2. The number of carbonyl (C=O) groups excluding carboxylic acids is 2. The van der Waals surface area contributed by atoms with Gasteiger partial charge in [-0.25, -0.2) is 0 Å². The first-order valence-electron chi connectivity index (χ1n) is 12.7. The molecule has 8 nitrogen and oxygen atoms in total. The molecule has 1 aromatic heterocycles. The van der Waals surface area contributed by atoms with Gasteiger partial charge in [-0.05, 0) is 22.8 Å². The maximum atomic E-state index is 13.5. The van der Waals surface area contributed by atoms with Crippen molar-refractivity contribution in [1.82, 2.24) is 15.2 Å². The average molecular weight is 524 g/mol. The number of pyridine rings is 1. The van der Waals surface area contributed by atoms with E-state index in [1.165, 1.54) is 20.3 Å². The zero-order chi connectivity index (χ0) is 27.4. The van der Waals surface area contributed by atoms with Gasteiger partial charge in [-0.3, -0.25) is 14.4 Å². The first-order chi connectivity index (χ1) is 19.0. The second-order valence-corrected chi connectivity index (χ2v) is 9.21. The molecular weight excluding hydrogens is 494 g/mol.